The molecule has 176 valence electrons. The van der Waals surface area contributed by atoms with E-state index in [4.69, 9.17) is 14.5 Å². The minimum atomic E-state index is 0.273. The Bertz CT molecular complexity index is 1230. The highest BCUT2D eigenvalue weighted by atomic mass is 79.9. The minimum absolute atomic E-state index is 0.273. The van der Waals surface area contributed by atoms with Gasteiger partial charge in [-0.15, -0.1) is 11.3 Å². The molecule has 0 bridgehead atoms. The lowest BCUT2D eigenvalue weighted by Crippen LogP contribution is -2.26. The highest BCUT2D eigenvalue weighted by Gasteiger charge is 2.32. The van der Waals surface area contributed by atoms with Gasteiger partial charge < -0.3 is 9.47 Å². The van der Waals surface area contributed by atoms with Crippen molar-refractivity contribution in [1.82, 2.24) is 0 Å². The van der Waals surface area contributed by atoms with Crippen LogP contribution in [-0.4, -0.2) is 13.3 Å². The van der Waals surface area contributed by atoms with E-state index in [1.807, 2.05) is 42.5 Å². The van der Waals surface area contributed by atoms with Crippen LogP contribution in [0.5, 0.6) is 11.5 Å². The number of hydrogen-bond acceptors (Lipinski definition) is 5. The van der Waals surface area contributed by atoms with Crippen LogP contribution in [-0.2, 0) is 19.4 Å². The van der Waals surface area contributed by atoms with E-state index in [2.05, 4.69) is 42.8 Å². The average Bonchev–Trinajstić information content (AvgIpc) is 3.18. The molecule has 1 atom stereocenters. The summed E-state index contributed by atoms with van der Waals surface area (Å²) in [5, 5.41) is 10.6. The van der Waals surface area contributed by atoms with Crippen molar-refractivity contribution in [1.29, 1.82) is 5.26 Å². The van der Waals surface area contributed by atoms with E-state index in [1.54, 1.807) is 24.7 Å². The molecule has 1 aromatic heterocycles. The number of thiophene rings is 1. The van der Waals surface area contributed by atoms with E-state index in [1.165, 1.54) is 10.4 Å². The molecule has 0 amide bonds. The fourth-order valence-corrected chi connectivity index (χ4v) is 5.76. The van der Waals surface area contributed by atoms with Crippen molar-refractivity contribution in [2.75, 3.05) is 7.11 Å². The lowest BCUT2D eigenvalue weighted by Gasteiger charge is -2.33. The predicted octanol–water partition coefficient (Wildman–Crippen LogP) is 7.87. The topological polar surface area (TPSA) is 54.6 Å². The maximum absolute atomic E-state index is 9.82. The van der Waals surface area contributed by atoms with Gasteiger partial charge in [-0.2, -0.15) is 5.26 Å². The van der Waals surface area contributed by atoms with Gasteiger partial charge in [-0.05, 0) is 77.6 Å². The highest BCUT2D eigenvalue weighted by molar-refractivity contribution is 9.10. The molecule has 4 nitrogen and oxygen atoms in total. The van der Waals surface area contributed by atoms with E-state index in [9.17, 15) is 5.26 Å². The number of rotatable bonds is 6. The summed E-state index contributed by atoms with van der Waals surface area (Å²) in [5.41, 5.74) is 4.20. The first kappa shape index (κ1) is 24.5. The van der Waals surface area contributed by atoms with E-state index < -0.39 is 0 Å². The summed E-state index contributed by atoms with van der Waals surface area (Å²) in [4.78, 5) is 6.04. The number of fused-ring (bicyclic) bond motifs is 1. The van der Waals surface area contributed by atoms with Crippen LogP contribution in [0.25, 0.3) is 0 Å². The Balaban J connectivity index is 1.51. The van der Waals surface area contributed by atoms with E-state index in [-0.39, 0.29) is 5.41 Å². The van der Waals surface area contributed by atoms with Gasteiger partial charge in [0.05, 0.1) is 12.7 Å². The van der Waals surface area contributed by atoms with Gasteiger partial charge in [-0.1, -0.05) is 48.8 Å². The van der Waals surface area contributed by atoms with Crippen LogP contribution in [0.1, 0.15) is 54.3 Å². The first-order chi connectivity index (χ1) is 16.3. The van der Waals surface area contributed by atoms with Gasteiger partial charge in [0, 0.05) is 15.6 Å². The molecule has 3 aromatic rings. The molecule has 1 aliphatic carbocycles. The molecule has 0 saturated heterocycles. The molecule has 1 aliphatic rings. The Kier molecular flexibility index (Phi) is 7.45. The van der Waals surface area contributed by atoms with Crippen LogP contribution in [0, 0.1) is 22.7 Å². The standard InChI is InChI=1S/C28H29BrN2O2S/c1-28(2,3)20-8-11-22-23(15-30)27(34-26(22)14-20)31-16-19-7-12-24(25(13-19)32-4)33-17-18-5-9-21(29)10-6-18/h5-7,9-10,12-13,16,20H,8,11,14,17H2,1-4H3/t20-/m0/s1. The summed E-state index contributed by atoms with van der Waals surface area (Å²) in [6.07, 6.45) is 4.93. The smallest absolute Gasteiger partial charge is 0.161 e. The maximum Gasteiger partial charge on any atom is 0.161 e. The number of aliphatic imine (C=N–C) groups is 1. The molecular weight excluding hydrogens is 508 g/mol. The van der Waals surface area contributed by atoms with Crippen LogP contribution in [0.4, 0.5) is 5.00 Å². The zero-order chi connectivity index (χ0) is 24.3. The van der Waals surface area contributed by atoms with Crippen molar-refractivity contribution in [3.63, 3.8) is 0 Å². The molecule has 34 heavy (non-hydrogen) atoms. The largest absolute Gasteiger partial charge is 0.493 e. The van der Waals surface area contributed by atoms with Crippen molar-refractivity contribution in [2.45, 2.75) is 46.6 Å². The fourth-order valence-electron chi connectivity index (χ4n) is 4.28. The number of halogens is 1. The number of nitriles is 1. The van der Waals surface area contributed by atoms with Crippen LogP contribution < -0.4 is 9.47 Å². The second-order valence-electron chi connectivity index (χ2n) is 9.69. The Hall–Kier alpha value is -2.62. The van der Waals surface area contributed by atoms with E-state index in [0.717, 1.165) is 45.4 Å². The number of benzene rings is 2. The van der Waals surface area contributed by atoms with E-state index in [0.29, 0.717) is 24.0 Å². The third-order valence-corrected chi connectivity index (χ3v) is 8.10. The average molecular weight is 538 g/mol. The summed E-state index contributed by atoms with van der Waals surface area (Å²) < 4.78 is 12.6. The molecule has 0 unspecified atom stereocenters. The fraction of sp³-hybridized carbons (Fsp3) is 0.357. The Morgan fingerprint density at radius 3 is 2.62 bits per heavy atom. The molecule has 0 N–H and O–H groups in total. The third kappa shape index (κ3) is 5.54. The second kappa shape index (κ2) is 10.3. The predicted molar refractivity (Wildman–Crippen MR) is 143 cm³/mol. The number of ether oxygens (including phenoxy) is 2. The molecule has 2 aromatic carbocycles. The SMILES string of the molecule is COc1cc(C=Nc2sc3c(c2C#N)CC[C@H](C(C)(C)C)C3)ccc1OCc1ccc(Br)cc1. The van der Waals surface area contributed by atoms with Gasteiger partial charge in [-0.25, -0.2) is 4.99 Å². The monoisotopic (exact) mass is 536 g/mol. The molecule has 0 fully saturated rings. The molecule has 4 rings (SSSR count). The Morgan fingerprint density at radius 1 is 1.18 bits per heavy atom. The first-order valence-electron chi connectivity index (χ1n) is 11.4. The van der Waals surface area contributed by atoms with Gasteiger partial charge in [0.1, 0.15) is 17.7 Å². The lowest BCUT2D eigenvalue weighted by atomic mass is 9.72. The molecule has 1 heterocycles. The first-order valence-corrected chi connectivity index (χ1v) is 13.0. The summed E-state index contributed by atoms with van der Waals surface area (Å²) in [6, 6.07) is 16.2. The highest BCUT2D eigenvalue weighted by Crippen LogP contribution is 2.45. The van der Waals surface area contributed by atoms with Crippen LogP contribution in [0.3, 0.4) is 0 Å². The minimum Gasteiger partial charge on any atom is -0.493 e. The van der Waals surface area contributed by atoms with Crippen LogP contribution in [0.15, 0.2) is 51.9 Å². The van der Waals surface area contributed by atoms with Crippen molar-refractivity contribution in [2.24, 2.45) is 16.3 Å². The van der Waals surface area contributed by atoms with Crippen molar-refractivity contribution in [3.05, 3.63) is 74.1 Å². The zero-order valence-corrected chi connectivity index (χ0v) is 22.4. The maximum atomic E-state index is 9.82. The number of nitrogens with zero attached hydrogens (tertiary/aromatic N) is 2. The normalized spacial score (nSPS) is 15.7. The van der Waals surface area contributed by atoms with Crippen LogP contribution >= 0.6 is 27.3 Å². The van der Waals surface area contributed by atoms with Crippen molar-refractivity contribution in [3.8, 4) is 17.6 Å². The number of hydrogen-bond donors (Lipinski definition) is 0. The zero-order valence-electron chi connectivity index (χ0n) is 20.0. The summed E-state index contributed by atoms with van der Waals surface area (Å²) in [5.74, 6) is 1.97. The van der Waals surface area contributed by atoms with E-state index >= 15 is 0 Å². The van der Waals surface area contributed by atoms with Gasteiger partial charge in [-0.3, -0.25) is 0 Å². The molecule has 6 heteroatoms. The van der Waals surface area contributed by atoms with Crippen LogP contribution in [0.2, 0.25) is 0 Å². The van der Waals surface area contributed by atoms with Gasteiger partial charge in [0.25, 0.3) is 0 Å². The Labute approximate surface area is 214 Å². The van der Waals surface area contributed by atoms with Gasteiger partial charge >= 0.3 is 0 Å². The van der Waals surface area contributed by atoms with Crippen molar-refractivity contribution >= 4 is 38.5 Å². The molecular formula is C28H29BrN2O2S. The molecule has 0 spiro atoms. The summed E-state index contributed by atoms with van der Waals surface area (Å²) in [6.45, 7) is 7.37. The van der Waals surface area contributed by atoms with Gasteiger partial charge in [0.2, 0.25) is 0 Å². The lowest BCUT2D eigenvalue weighted by molar-refractivity contribution is 0.218. The Morgan fingerprint density at radius 2 is 1.94 bits per heavy atom. The summed E-state index contributed by atoms with van der Waals surface area (Å²) in [7, 11) is 1.63. The molecule has 0 radical (unpaired) electrons. The van der Waals surface area contributed by atoms with Crippen molar-refractivity contribution < 1.29 is 9.47 Å². The third-order valence-electron chi connectivity index (χ3n) is 6.41. The second-order valence-corrected chi connectivity index (χ2v) is 11.7. The quantitative estimate of drug-likeness (QED) is 0.301. The molecule has 0 aliphatic heterocycles. The molecule has 0 saturated carbocycles. The number of methoxy groups -OCH3 is 1. The summed E-state index contributed by atoms with van der Waals surface area (Å²) >= 11 is 5.11. The van der Waals surface area contributed by atoms with Gasteiger partial charge in [0.15, 0.2) is 11.5 Å².